The van der Waals surface area contributed by atoms with Crippen molar-refractivity contribution >= 4 is 23.5 Å². The van der Waals surface area contributed by atoms with Gasteiger partial charge in [-0.05, 0) is 44.4 Å². The SMILES string of the molecule is CN1C(=O)c2ccc(-c3nc(NC4CCCCC4)ncc3Cl)cc2C1(C)C. The van der Waals surface area contributed by atoms with Crippen LogP contribution in [-0.2, 0) is 5.54 Å². The number of fused-ring (bicyclic) bond motifs is 1. The summed E-state index contributed by atoms with van der Waals surface area (Å²) < 4.78 is 0. The molecule has 1 aliphatic heterocycles. The van der Waals surface area contributed by atoms with Gasteiger partial charge in [0.2, 0.25) is 5.95 Å². The zero-order valence-corrected chi connectivity index (χ0v) is 16.8. The lowest BCUT2D eigenvalue weighted by Crippen LogP contribution is -2.35. The van der Waals surface area contributed by atoms with Crippen LogP contribution in [0.1, 0.15) is 61.9 Å². The zero-order valence-electron chi connectivity index (χ0n) is 16.1. The first-order chi connectivity index (χ1) is 12.9. The summed E-state index contributed by atoms with van der Waals surface area (Å²) in [7, 11) is 1.84. The first-order valence-corrected chi connectivity index (χ1v) is 9.98. The van der Waals surface area contributed by atoms with E-state index >= 15 is 0 Å². The molecule has 0 radical (unpaired) electrons. The highest BCUT2D eigenvalue weighted by molar-refractivity contribution is 6.32. The van der Waals surface area contributed by atoms with Gasteiger partial charge in [0.1, 0.15) is 0 Å². The molecule has 1 N–H and O–H groups in total. The van der Waals surface area contributed by atoms with Crippen molar-refractivity contribution in [2.45, 2.75) is 57.5 Å². The minimum atomic E-state index is -0.356. The monoisotopic (exact) mass is 384 g/mol. The molecule has 0 bridgehead atoms. The van der Waals surface area contributed by atoms with Crippen molar-refractivity contribution in [3.63, 3.8) is 0 Å². The Kier molecular flexibility index (Phi) is 4.58. The molecule has 2 aliphatic rings. The molecule has 1 aliphatic carbocycles. The summed E-state index contributed by atoms with van der Waals surface area (Å²) in [6, 6.07) is 6.27. The van der Waals surface area contributed by atoms with Gasteiger partial charge in [0, 0.05) is 24.2 Å². The Hall–Kier alpha value is -2.14. The fourth-order valence-electron chi connectivity index (χ4n) is 4.07. The van der Waals surface area contributed by atoms with E-state index in [2.05, 4.69) is 24.1 Å². The topological polar surface area (TPSA) is 58.1 Å². The number of nitrogens with zero attached hydrogens (tertiary/aromatic N) is 3. The molecule has 2 aromatic rings. The number of hydrogen-bond donors (Lipinski definition) is 1. The summed E-state index contributed by atoms with van der Waals surface area (Å²) in [5, 5.41) is 3.97. The number of benzene rings is 1. The van der Waals surface area contributed by atoms with Crippen LogP contribution >= 0.6 is 11.6 Å². The summed E-state index contributed by atoms with van der Waals surface area (Å²) in [5.41, 5.74) is 3.00. The molecule has 0 spiro atoms. The van der Waals surface area contributed by atoms with Crippen LogP contribution in [0.4, 0.5) is 5.95 Å². The van der Waals surface area contributed by atoms with Crippen LogP contribution in [0, 0.1) is 0 Å². The fraction of sp³-hybridized carbons (Fsp3) is 0.476. The van der Waals surface area contributed by atoms with E-state index in [-0.39, 0.29) is 11.4 Å². The fourth-order valence-corrected chi connectivity index (χ4v) is 4.27. The average Bonchev–Trinajstić information content (AvgIpc) is 2.84. The third kappa shape index (κ3) is 3.18. The Morgan fingerprint density at radius 1 is 1.22 bits per heavy atom. The molecule has 1 aromatic carbocycles. The van der Waals surface area contributed by atoms with E-state index in [4.69, 9.17) is 16.6 Å². The number of carbonyl (C=O) groups is 1. The van der Waals surface area contributed by atoms with Crippen molar-refractivity contribution in [2.75, 3.05) is 12.4 Å². The number of aromatic nitrogens is 2. The summed E-state index contributed by atoms with van der Waals surface area (Å²) in [4.78, 5) is 23.3. The molecule has 27 heavy (non-hydrogen) atoms. The van der Waals surface area contributed by atoms with Gasteiger partial charge >= 0.3 is 0 Å². The maximum absolute atomic E-state index is 12.5. The highest BCUT2D eigenvalue weighted by Gasteiger charge is 2.40. The Labute approximate surface area is 165 Å². The zero-order chi connectivity index (χ0) is 19.2. The Bertz CT molecular complexity index is 890. The van der Waals surface area contributed by atoms with Crippen LogP contribution in [0.3, 0.4) is 0 Å². The Morgan fingerprint density at radius 3 is 2.70 bits per heavy atom. The molecule has 0 atom stereocenters. The van der Waals surface area contributed by atoms with E-state index in [1.807, 2.05) is 25.2 Å². The molecule has 2 heterocycles. The molecule has 1 saturated carbocycles. The van der Waals surface area contributed by atoms with Crippen molar-refractivity contribution < 1.29 is 4.79 Å². The van der Waals surface area contributed by atoms with Gasteiger partial charge in [0.25, 0.3) is 5.91 Å². The van der Waals surface area contributed by atoms with E-state index in [0.717, 1.165) is 29.5 Å². The molecule has 0 saturated heterocycles. The predicted molar refractivity (Wildman–Crippen MR) is 108 cm³/mol. The highest BCUT2D eigenvalue weighted by atomic mass is 35.5. The second-order valence-electron chi connectivity index (χ2n) is 8.05. The molecule has 142 valence electrons. The number of hydrogen-bond acceptors (Lipinski definition) is 4. The van der Waals surface area contributed by atoms with Crippen LogP contribution in [-0.4, -0.2) is 33.9 Å². The summed E-state index contributed by atoms with van der Waals surface area (Å²) in [6.45, 7) is 4.11. The molecule has 1 fully saturated rings. The van der Waals surface area contributed by atoms with Gasteiger partial charge in [-0.15, -0.1) is 0 Å². The van der Waals surface area contributed by atoms with Crippen LogP contribution in [0.2, 0.25) is 5.02 Å². The molecule has 0 unspecified atom stereocenters. The minimum absolute atomic E-state index is 0.0509. The molecular formula is C21H25ClN4O. The smallest absolute Gasteiger partial charge is 0.254 e. The Morgan fingerprint density at radius 2 is 1.96 bits per heavy atom. The van der Waals surface area contributed by atoms with Crippen LogP contribution < -0.4 is 5.32 Å². The number of anilines is 1. The summed E-state index contributed by atoms with van der Waals surface area (Å²) >= 11 is 6.42. The second-order valence-corrected chi connectivity index (χ2v) is 8.46. The lowest BCUT2D eigenvalue weighted by Gasteiger charge is -2.28. The maximum Gasteiger partial charge on any atom is 0.254 e. The van der Waals surface area contributed by atoms with Crippen molar-refractivity contribution in [1.82, 2.24) is 14.9 Å². The first kappa shape index (κ1) is 18.2. The lowest BCUT2D eigenvalue weighted by molar-refractivity contribution is 0.0691. The van der Waals surface area contributed by atoms with E-state index in [1.54, 1.807) is 11.1 Å². The van der Waals surface area contributed by atoms with E-state index < -0.39 is 0 Å². The van der Waals surface area contributed by atoms with E-state index in [9.17, 15) is 4.79 Å². The molecule has 1 amide bonds. The second kappa shape index (κ2) is 6.79. The quantitative estimate of drug-likeness (QED) is 0.820. The number of amides is 1. The minimum Gasteiger partial charge on any atom is -0.351 e. The molecule has 4 rings (SSSR count). The highest BCUT2D eigenvalue weighted by Crippen LogP contribution is 2.40. The van der Waals surface area contributed by atoms with Gasteiger partial charge in [-0.25, -0.2) is 9.97 Å². The van der Waals surface area contributed by atoms with Gasteiger partial charge in [0.15, 0.2) is 0 Å². The standard InChI is InChI=1S/C21H25ClN4O/c1-21(2)16-11-13(9-10-15(16)19(27)26(21)3)18-17(22)12-23-20(25-18)24-14-7-5-4-6-8-14/h9-12,14H,4-8H2,1-3H3,(H,23,24,25). The number of rotatable bonds is 3. The van der Waals surface area contributed by atoms with Crippen molar-refractivity contribution in [1.29, 1.82) is 0 Å². The van der Waals surface area contributed by atoms with Crippen LogP contribution in [0.15, 0.2) is 24.4 Å². The molecular weight excluding hydrogens is 360 g/mol. The maximum atomic E-state index is 12.5. The van der Waals surface area contributed by atoms with E-state index in [1.165, 1.54) is 19.3 Å². The van der Waals surface area contributed by atoms with Gasteiger partial charge in [-0.3, -0.25) is 4.79 Å². The average molecular weight is 385 g/mol. The predicted octanol–water partition coefficient (Wildman–Crippen LogP) is 4.86. The summed E-state index contributed by atoms with van der Waals surface area (Å²) in [5.74, 6) is 0.671. The normalized spacial score (nSPS) is 19.3. The molecule has 1 aromatic heterocycles. The lowest BCUT2D eigenvalue weighted by atomic mass is 9.91. The summed E-state index contributed by atoms with van der Waals surface area (Å²) in [6.07, 6.45) is 7.78. The van der Waals surface area contributed by atoms with Crippen molar-refractivity contribution in [3.05, 3.63) is 40.5 Å². The first-order valence-electron chi connectivity index (χ1n) is 9.60. The number of nitrogens with one attached hydrogen (secondary N) is 1. The van der Waals surface area contributed by atoms with Gasteiger partial charge in [0.05, 0.1) is 22.5 Å². The van der Waals surface area contributed by atoms with Crippen LogP contribution in [0.5, 0.6) is 0 Å². The third-order valence-electron chi connectivity index (χ3n) is 6.01. The van der Waals surface area contributed by atoms with Crippen LogP contribution in [0.25, 0.3) is 11.3 Å². The largest absolute Gasteiger partial charge is 0.351 e. The van der Waals surface area contributed by atoms with Gasteiger partial charge in [-0.1, -0.05) is 36.9 Å². The molecule has 5 nitrogen and oxygen atoms in total. The Balaban J connectivity index is 1.69. The van der Waals surface area contributed by atoms with Gasteiger partial charge in [-0.2, -0.15) is 0 Å². The number of carbonyl (C=O) groups excluding carboxylic acids is 1. The van der Waals surface area contributed by atoms with Gasteiger partial charge < -0.3 is 10.2 Å². The third-order valence-corrected chi connectivity index (χ3v) is 6.28. The van der Waals surface area contributed by atoms with E-state index in [0.29, 0.717) is 22.7 Å². The number of halogens is 1. The molecule has 6 heteroatoms. The van der Waals surface area contributed by atoms with Crippen molar-refractivity contribution in [3.8, 4) is 11.3 Å². The van der Waals surface area contributed by atoms with Crippen molar-refractivity contribution in [2.24, 2.45) is 0 Å².